The summed E-state index contributed by atoms with van der Waals surface area (Å²) < 4.78 is 12.1. The van der Waals surface area contributed by atoms with Crippen molar-refractivity contribution >= 4 is 11.8 Å². The van der Waals surface area contributed by atoms with Gasteiger partial charge in [-0.3, -0.25) is 14.5 Å². The number of methoxy groups -OCH3 is 1. The molecule has 9 nitrogen and oxygen atoms in total. The van der Waals surface area contributed by atoms with E-state index in [1.165, 1.54) is 4.68 Å². The summed E-state index contributed by atoms with van der Waals surface area (Å²) >= 11 is 0. The molecule has 0 fully saturated rings. The number of fused-ring (bicyclic) bond motifs is 1. The highest BCUT2D eigenvalue weighted by Crippen LogP contribution is 2.23. The van der Waals surface area contributed by atoms with Gasteiger partial charge in [0, 0.05) is 0 Å². The molecule has 30 heavy (non-hydrogen) atoms. The van der Waals surface area contributed by atoms with E-state index in [0.29, 0.717) is 22.6 Å². The Hall–Kier alpha value is -3.72. The van der Waals surface area contributed by atoms with E-state index in [4.69, 9.17) is 9.47 Å². The predicted molar refractivity (Wildman–Crippen MR) is 105 cm³/mol. The molecule has 3 aromatic rings. The molecule has 9 heteroatoms. The molecule has 1 atom stereocenters. The molecule has 2 aromatic carbocycles. The minimum absolute atomic E-state index is 0.0186. The standard InChI is InChI=1S/C21H20N4O5/c1-29-16-6-8-17(9-7-16)30-13-15(26)12-24-10-14(22-23-24)11-25-20(27)18-4-2-3-5-19(18)21(25)28/h2-10,15,26H,11-13H2,1H3. The third-order valence-corrected chi connectivity index (χ3v) is 4.68. The van der Waals surface area contributed by atoms with Gasteiger partial charge in [-0.2, -0.15) is 0 Å². The van der Waals surface area contributed by atoms with E-state index in [0.717, 1.165) is 10.6 Å². The molecule has 0 saturated carbocycles. The van der Waals surface area contributed by atoms with Crippen LogP contribution < -0.4 is 9.47 Å². The molecular formula is C21H20N4O5. The van der Waals surface area contributed by atoms with Crippen LogP contribution in [-0.4, -0.2) is 56.6 Å². The molecular weight excluding hydrogens is 388 g/mol. The van der Waals surface area contributed by atoms with Gasteiger partial charge in [-0.25, -0.2) is 4.68 Å². The molecule has 0 bridgehead atoms. The number of hydrogen-bond acceptors (Lipinski definition) is 7. The van der Waals surface area contributed by atoms with Crippen molar-refractivity contribution in [2.75, 3.05) is 13.7 Å². The molecule has 1 N–H and O–H groups in total. The third kappa shape index (κ3) is 4.01. The zero-order valence-electron chi connectivity index (χ0n) is 16.3. The van der Waals surface area contributed by atoms with Crippen molar-refractivity contribution in [3.63, 3.8) is 0 Å². The number of imide groups is 1. The average molecular weight is 408 g/mol. The normalized spacial score (nSPS) is 14.0. The van der Waals surface area contributed by atoms with Gasteiger partial charge in [-0.1, -0.05) is 17.3 Å². The number of carbonyl (C=O) groups is 2. The van der Waals surface area contributed by atoms with Gasteiger partial charge in [0.1, 0.15) is 29.9 Å². The zero-order valence-corrected chi connectivity index (χ0v) is 16.3. The molecule has 1 aromatic heterocycles. The molecule has 0 saturated heterocycles. The van der Waals surface area contributed by atoms with Crippen molar-refractivity contribution in [3.8, 4) is 11.5 Å². The minimum Gasteiger partial charge on any atom is -0.497 e. The number of rotatable bonds is 8. The molecule has 4 rings (SSSR count). The number of ether oxygens (including phenoxy) is 2. The largest absolute Gasteiger partial charge is 0.497 e. The highest BCUT2D eigenvalue weighted by atomic mass is 16.5. The Kier molecular flexibility index (Phi) is 5.44. The first-order valence-electron chi connectivity index (χ1n) is 9.34. The van der Waals surface area contributed by atoms with Crippen LogP contribution in [0.4, 0.5) is 0 Å². The first-order chi connectivity index (χ1) is 14.5. The Balaban J connectivity index is 1.32. The van der Waals surface area contributed by atoms with E-state index in [1.54, 1.807) is 61.8 Å². The Morgan fingerprint density at radius 2 is 1.63 bits per heavy atom. The van der Waals surface area contributed by atoms with Gasteiger partial charge >= 0.3 is 0 Å². The maximum absolute atomic E-state index is 12.4. The fourth-order valence-corrected chi connectivity index (χ4v) is 3.18. The highest BCUT2D eigenvalue weighted by molar-refractivity contribution is 6.21. The molecule has 154 valence electrons. The van der Waals surface area contributed by atoms with Crippen molar-refractivity contribution in [3.05, 3.63) is 71.5 Å². The van der Waals surface area contributed by atoms with Gasteiger partial charge in [0.25, 0.3) is 11.8 Å². The van der Waals surface area contributed by atoms with Crippen LogP contribution in [0.5, 0.6) is 11.5 Å². The maximum Gasteiger partial charge on any atom is 0.261 e. The second-order valence-corrected chi connectivity index (χ2v) is 6.81. The summed E-state index contributed by atoms with van der Waals surface area (Å²) in [6.45, 7) is 0.246. The number of carbonyl (C=O) groups excluding carboxylic acids is 2. The number of benzene rings is 2. The van der Waals surface area contributed by atoms with Crippen molar-refractivity contribution in [1.82, 2.24) is 19.9 Å². The molecule has 1 aliphatic heterocycles. The summed E-state index contributed by atoms with van der Waals surface area (Å²) in [5, 5.41) is 18.2. The molecule has 0 spiro atoms. The van der Waals surface area contributed by atoms with E-state index >= 15 is 0 Å². The van der Waals surface area contributed by atoms with Crippen molar-refractivity contribution < 1.29 is 24.2 Å². The molecule has 1 aliphatic rings. The number of nitrogens with zero attached hydrogens (tertiary/aromatic N) is 4. The maximum atomic E-state index is 12.4. The minimum atomic E-state index is -0.819. The Bertz CT molecular complexity index is 1030. The van der Waals surface area contributed by atoms with Crippen LogP contribution in [0.15, 0.2) is 54.7 Å². The van der Waals surface area contributed by atoms with Crippen LogP contribution in [0.1, 0.15) is 26.4 Å². The van der Waals surface area contributed by atoms with Crippen LogP contribution in [0.25, 0.3) is 0 Å². The number of aliphatic hydroxyl groups is 1. The van der Waals surface area contributed by atoms with Crippen LogP contribution in [0, 0.1) is 0 Å². The second kappa shape index (κ2) is 8.34. The number of hydrogen-bond donors (Lipinski definition) is 1. The smallest absolute Gasteiger partial charge is 0.261 e. The topological polar surface area (TPSA) is 107 Å². The number of aliphatic hydroxyl groups excluding tert-OH is 1. The molecule has 2 amide bonds. The van der Waals surface area contributed by atoms with Crippen LogP contribution in [0.2, 0.25) is 0 Å². The Morgan fingerprint density at radius 1 is 1.00 bits per heavy atom. The summed E-state index contributed by atoms with van der Waals surface area (Å²) in [5.41, 5.74) is 1.23. The fourth-order valence-electron chi connectivity index (χ4n) is 3.18. The molecule has 1 unspecified atom stereocenters. The van der Waals surface area contributed by atoms with Gasteiger partial charge in [-0.05, 0) is 36.4 Å². The van der Waals surface area contributed by atoms with Gasteiger partial charge in [0.05, 0.1) is 37.5 Å². The van der Waals surface area contributed by atoms with Gasteiger partial charge in [0.15, 0.2) is 0 Å². The predicted octanol–water partition coefficient (Wildman–Crippen LogP) is 1.52. The van der Waals surface area contributed by atoms with Crippen molar-refractivity contribution in [2.45, 2.75) is 19.2 Å². The summed E-state index contributed by atoms with van der Waals surface area (Å²) in [6.07, 6.45) is 0.779. The van der Waals surface area contributed by atoms with E-state index < -0.39 is 6.10 Å². The van der Waals surface area contributed by atoms with Crippen LogP contribution in [0.3, 0.4) is 0 Å². The first kappa shape index (κ1) is 19.6. The van der Waals surface area contributed by atoms with E-state index in [-0.39, 0.29) is 31.5 Å². The summed E-state index contributed by atoms with van der Waals surface area (Å²) in [7, 11) is 1.58. The number of aromatic nitrogens is 3. The molecule has 0 aliphatic carbocycles. The Labute approximate surface area is 172 Å². The van der Waals surface area contributed by atoms with Gasteiger partial charge in [-0.15, -0.1) is 5.10 Å². The van der Waals surface area contributed by atoms with Crippen molar-refractivity contribution in [2.24, 2.45) is 0 Å². The van der Waals surface area contributed by atoms with E-state index in [2.05, 4.69) is 10.3 Å². The zero-order chi connectivity index (χ0) is 21.1. The summed E-state index contributed by atoms with van der Waals surface area (Å²) in [6, 6.07) is 13.7. The lowest BCUT2D eigenvalue weighted by atomic mass is 10.1. The quantitative estimate of drug-likeness (QED) is 0.563. The van der Waals surface area contributed by atoms with E-state index in [9.17, 15) is 14.7 Å². The SMILES string of the molecule is COc1ccc(OCC(O)Cn2cc(CN3C(=O)c4ccccc4C3=O)nn2)cc1. The second-order valence-electron chi connectivity index (χ2n) is 6.81. The average Bonchev–Trinajstić information content (AvgIpc) is 3.31. The lowest BCUT2D eigenvalue weighted by Gasteiger charge is -2.12. The lowest BCUT2D eigenvalue weighted by Crippen LogP contribution is -2.29. The van der Waals surface area contributed by atoms with Crippen LogP contribution in [-0.2, 0) is 13.1 Å². The monoisotopic (exact) mass is 408 g/mol. The highest BCUT2D eigenvalue weighted by Gasteiger charge is 2.35. The summed E-state index contributed by atoms with van der Waals surface area (Å²) in [5.74, 6) is 0.631. The van der Waals surface area contributed by atoms with E-state index in [1.807, 2.05) is 0 Å². The fraction of sp³-hybridized carbons (Fsp3) is 0.238. The van der Waals surface area contributed by atoms with Gasteiger partial charge < -0.3 is 14.6 Å². The lowest BCUT2D eigenvalue weighted by molar-refractivity contribution is 0.0640. The summed E-state index contributed by atoms with van der Waals surface area (Å²) in [4.78, 5) is 26.0. The van der Waals surface area contributed by atoms with Crippen LogP contribution >= 0.6 is 0 Å². The van der Waals surface area contributed by atoms with Gasteiger partial charge in [0.2, 0.25) is 0 Å². The Morgan fingerprint density at radius 3 is 2.27 bits per heavy atom. The molecule has 2 heterocycles. The molecule has 0 radical (unpaired) electrons. The third-order valence-electron chi connectivity index (χ3n) is 4.68. The first-order valence-corrected chi connectivity index (χ1v) is 9.34. The number of amides is 2. The van der Waals surface area contributed by atoms with Crippen molar-refractivity contribution in [1.29, 1.82) is 0 Å².